The van der Waals surface area contributed by atoms with Gasteiger partial charge in [0.25, 0.3) is 12.3 Å². The van der Waals surface area contributed by atoms with Gasteiger partial charge in [-0.3, -0.25) is 9.80 Å². The lowest BCUT2D eigenvalue weighted by Gasteiger charge is -2.41. The van der Waals surface area contributed by atoms with Crippen LogP contribution in [0.4, 0.5) is 19.0 Å². The Morgan fingerprint density at radius 3 is 2.59 bits per heavy atom. The molecule has 1 fully saturated rings. The molecule has 1 aromatic heterocycles. The van der Waals surface area contributed by atoms with E-state index in [2.05, 4.69) is 31.2 Å². The molecule has 1 amide bonds. The summed E-state index contributed by atoms with van der Waals surface area (Å²) in [5.74, 6) is -0.188. The van der Waals surface area contributed by atoms with Crippen molar-refractivity contribution >= 4 is 27.7 Å². The zero-order valence-electron chi connectivity index (χ0n) is 17.6. The zero-order chi connectivity index (χ0) is 23.0. The number of benzene rings is 1. The number of nitrogens with zero attached hydrogens (tertiary/aromatic N) is 4. The third-order valence-corrected chi connectivity index (χ3v) is 6.44. The van der Waals surface area contributed by atoms with Crippen LogP contribution in [-0.4, -0.2) is 52.2 Å². The summed E-state index contributed by atoms with van der Waals surface area (Å²) in [6, 6.07) is 3.31. The molecule has 1 aromatic carbocycles. The Balaban J connectivity index is 1.67. The van der Waals surface area contributed by atoms with Crippen molar-refractivity contribution in [3.05, 3.63) is 52.2 Å². The second-order valence-electron chi connectivity index (χ2n) is 7.72. The first-order valence-corrected chi connectivity index (χ1v) is 11.2. The summed E-state index contributed by atoms with van der Waals surface area (Å²) in [7, 11) is 0. The molecular weight excluding hydrogens is 491 g/mol. The summed E-state index contributed by atoms with van der Waals surface area (Å²) in [6.45, 7) is 5.83. The number of nitrogens with one attached hydrogen (secondary N) is 1. The number of carbonyl (C=O) groups is 1. The normalized spacial score (nSPS) is 20.4. The minimum absolute atomic E-state index is 0.111. The number of aryl methyl sites for hydroxylation is 1. The first-order chi connectivity index (χ1) is 15.3. The monoisotopic (exact) mass is 513 g/mol. The van der Waals surface area contributed by atoms with Crippen molar-refractivity contribution in [3.8, 4) is 0 Å². The van der Waals surface area contributed by atoms with Crippen LogP contribution in [0.25, 0.3) is 0 Å². The number of alkyl halides is 3. The van der Waals surface area contributed by atoms with E-state index < -0.39 is 28.7 Å². The van der Waals surface area contributed by atoms with E-state index in [0.29, 0.717) is 49.2 Å². The number of rotatable bonds is 5. The van der Waals surface area contributed by atoms with Crippen LogP contribution in [0.15, 0.2) is 18.2 Å². The maximum atomic E-state index is 14.7. The van der Waals surface area contributed by atoms with Crippen LogP contribution in [0, 0.1) is 12.7 Å². The maximum Gasteiger partial charge on any atom is 0.266 e. The van der Waals surface area contributed by atoms with Gasteiger partial charge in [0.05, 0.1) is 37.1 Å². The molecule has 1 N–H and O–H groups in total. The average molecular weight is 514 g/mol. The molecule has 1 saturated heterocycles. The van der Waals surface area contributed by atoms with Gasteiger partial charge in [0.15, 0.2) is 0 Å². The first-order valence-electron chi connectivity index (χ1n) is 10.3. The number of hydrogen-bond donors (Lipinski definition) is 1. The molecule has 2 atom stereocenters. The van der Waals surface area contributed by atoms with E-state index in [1.807, 2.05) is 5.01 Å². The summed E-state index contributed by atoms with van der Waals surface area (Å²) in [5.41, 5.74) is 0.714. The highest BCUT2D eigenvalue weighted by atomic mass is 79.9. The Labute approximate surface area is 192 Å². The number of aromatic nitrogens is 2. The van der Waals surface area contributed by atoms with Crippen molar-refractivity contribution in [1.82, 2.24) is 20.0 Å². The van der Waals surface area contributed by atoms with Gasteiger partial charge < -0.3 is 10.1 Å². The first kappa shape index (κ1) is 22.9. The topological polar surface area (TPSA) is 70.6 Å². The lowest BCUT2D eigenvalue weighted by molar-refractivity contribution is -0.160. The van der Waals surface area contributed by atoms with Gasteiger partial charge in [0.1, 0.15) is 22.3 Å². The largest absolute Gasteiger partial charge is 0.379 e. The van der Waals surface area contributed by atoms with Gasteiger partial charge in [-0.15, -0.1) is 0 Å². The number of morpholine rings is 1. The van der Waals surface area contributed by atoms with Gasteiger partial charge >= 0.3 is 0 Å². The Hall–Kier alpha value is -2.24. The number of amides is 1. The van der Waals surface area contributed by atoms with Gasteiger partial charge in [0.2, 0.25) is 0 Å². The fraction of sp³-hybridized carbons (Fsp3) is 0.476. The van der Waals surface area contributed by atoms with Crippen molar-refractivity contribution < 1.29 is 22.7 Å². The number of anilines is 1. The van der Waals surface area contributed by atoms with Crippen molar-refractivity contribution in [2.45, 2.75) is 37.7 Å². The minimum atomic E-state index is -2.90. The molecule has 172 valence electrons. The number of ether oxygens (including phenoxy) is 1. The van der Waals surface area contributed by atoms with E-state index in [9.17, 15) is 18.0 Å². The highest BCUT2D eigenvalue weighted by Gasteiger charge is 2.38. The van der Waals surface area contributed by atoms with Crippen molar-refractivity contribution in [2.75, 3.05) is 31.6 Å². The van der Waals surface area contributed by atoms with Gasteiger partial charge in [-0.25, -0.2) is 28.1 Å². The highest BCUT2D eigenvalue weighted by molar-refractivity contribution is 9.09. The van der Waals surface area contributed by atoms with Crippen LogP contribution >= 0.6 is 15.9 Å². The molecule has 2 aliphatic heterocycles. The predicted octanol–water partition coefficient (Wildman–Crippen LogP) is 4.06. The smallest absolute Gasteiger partial charge is 0.266 e. The van der Waals surface area contributed by atoms with E-state index >= 15 is 0 Å². The van der Waals surface area contributed by atoms with Crippen molar-refractivity contribution in [3.63, 3.8) is 0 Å². The van der Waals surface area contributed by atoms with E-state index in [0.717, 1.165) is 6.07 Å². The predicted molar refractivity (Wildman–Crippen MR) is 115 cm³/mol. The zero-order valence-corrected chi connectivity index (χ0v) is 19.2. The summed E-state index contributed by atoms with van der Waals surface area (Å²) in [4.78, 5) is 21.3. The number of halogens is 4. The van der Waals surface area contributed by atoms with Crippen LogP contribution < -0.4 is 5.32 Å². The van der Waals surface area contributed by atoms with Gasteiger partial charge in [-0.1, -0.05) is 34.1 Å². The van der Waals surface area contributed by atoms with Crippen molar-refractivity contribution in [2.24, 2.45) is 0 Å². The molecule has 4 rings (SSSR count). The van der Waals surface area contributed by atoms with E-state index in [4.69, 9.17) is 4.74 Å². The lowest BCUT2D eigenvalue weighted by Crippen LogP contribution is -2.53. The molecular formula is C21H23BrF3N5O2. The summed E-state index contributed by atoms with van der Waals surface area (Å²) >= 11 is 3.47. The molecule has 0 aliphatic carbocycles. The molecule has 0 bridgehead atoms. The third kappa shape index (κ3) is 4.33. The summed E-state index contributed by atoms with van der Waals surface area (Å²) < 4.78 is 46.3. The molecule has 1 unspecified atom stereocenters. The van der Waals surface area contributed by atoms with Gasteiger partial charge in [-0.05, 0) is 13.8 Å². The second-order valence-corrected chi connectivity index (χ2v) is 8.64. The maximum absolute atomic E-state index is 14.7. The van der Waals surface area contributed by atoms with Crippen LogP contribution in [-0.2, 0) is 16.1 Å². The van der Waals surface area contributed by atoms with E-state index in [1.165, 1.54) is 12.1 Å². The molecule has 2 aliphatic rings. The van der Waals surface area contributed by atoms with Crippen LogP contribution in [0.5, 0.6) is 0 Å². The SMILES string of the molecule is Cc1nc(N[C@H](C)c2cccc(C(F)F)c2F)c2c(n1)C(Br)C(=O)N(N1CCOCC1)C2. The fourth-order valence-corrected chi connectivity index (χ4v) is 4.58. The molecule has 11 heteroatoms. The minimum Gasteiger partial charge on any atom is -0.379 e. The molecule has 7 nitrogen and oxygen atoms in total. The third-order valence-electron chi connectivity index (χ3n) is 5.61. The molecule has 32 heavy (non-hydrogen) atoms. The Morgan fingerprint density at radius 1 is 1.22 bits per heavy atom. The number of hydrogen-bond acceptors (Lipinski definition) is 6. The summed E-state index contributed by atoms with van der Waals surface area (Å²) in [6.07, 6.45) is -2.90. The Morgan fingerprint density at radius 2 is 1.91 bits per heavy atom. The van der Waals surface area contributed by atoms with Gasteiger partial charge in [-0.2, -0.15) is 0 Å². The number of carbonyl (C=O) groups excluding carboxylic acids is 1. The second kappa shape index (κ2) is 9.32. The number of hydrazine groups is 1. The lowest BCUT2D eigenvalue weighted by atomic mass is 10.0. The average Bonchev–Trinajstić information content (AvgIpc) is 2.77. The highest BCUT2D eigenvalue weighted by Crippen LogP contribution is 2.37. The van der Waals surface area contributed by atoms with Crippen LogP contribution in [0.1, 0.15) is 52.4 Å². The van der Waals surface area contributed by atoms with E-state index in [1.54, 1.807) is 18.9 Å². The van der Waals surface area contributed by atoms with Crippen LogP contribution in [0.2, 0.25) is 0 Å². The Bertz CT molecular complexity index is 1020. The number of fused-ring (bicyclic) bond motifs is 1. The quantitative estimate of drug-likeness (QED) is 0.608. The molecule has 2 aromatic rings. The molecule has 3 heterocycles. The van der Waals surface area contributed by atoms with Crippen molar-refractivity contribution in [1.29, 1.82) is 0 Å². The summed E-state index contributed by atoms with van der Waals surface area (Å²) in [5, 5.41) is 6.74. The molecule has 0 radical (unpaired) electrons. The standard InChI is InChI=1S/C21H23BrF3N5O2/c1-11(13-4-3-5-14(17(13)23)19(24)25)26-20-15-10-30(29-6-8-32-9-7-29)21(31)16(22)18(15)27-12(2)28-20/h3-5,11,16,19H,6-10H2,1-2H3,(H,26,27,28)/t11-,16?/m1/s1. The fourth-order valence-electron chi connectivity index (χ4n) is 3.97. The Kier molecular flexibility index (Phi) is 6.68. The van der Waals surface area contributed by atoms with Crippen LogP contribution in [0.3, 0.4) is 0 Å². The van der Waals surface area contributed by atoms with Gasteiger partial charge in [0, 0.05) is 24.2 Å². The molecule has 0 spiro atoms. The van der Waals surface area contributed by atoms with E-state index in [-0.39, 0.29) is 18.0 Å². The molecule has 0 saturated carbocycles.